The van der Waals surface area contributed by atoms with Gasteiger partial charge in [-0.25, -0.2) is 0 Å². The van der Waals surface area contributed by atoms with E-state index < -0.39 is 0 Å². The predicted molar refractivity (Wildman–Crippen MR) is 96.0 cm³/mol. The summed E-state index contributed by atoms with van der Waals surface area (Å²) in [5, 5.41) is 11.1. The van der Waals surface area contributed by atoms with Gasteiger partial charge in [-0.3, -0.25) is 9.80 Å². The highest BCUT2D eigenvalue weighted by Crippen LogP contribution is 2.44. The van der Waals surface area contributed by atoms with Crippen molar-refractivity contribution in [1.82, 2.24) is 9.80 Å². The van der Waals surface area contributed by atoms with Crippen LogP contribution in [0.15, 0.2) is 12.1 Å². The molecule has 1 N–H and O–H groups in total. The highest BCUT2D eigenvalue weighted by molar-refractivity contribution is 5.50. The molecule has 1 aromatic carbocycles. The molecule has 0 radical (unpaired) electrons. The van der Waals surface area contributed by atoms with Crippen molar-refractivity contribution >= 4 is 0 Å². The molecule has 23 heavy (non-hydrogen) atoms. The lowest BCUT2D eigenvalue weighted by molar-refractivity contribution is 0.0902. The number of fused-ring (bicyclic) bond motifs is 2. The highest BCUT2D eigenvalue weighted by atomic mass is 16.3. The first-order valence-electron chi connectivity index (χ1n) is 8.95. The van der Waals surface area contributed by atoms with Gasteiger partial charge in [-0.15, -0.1) is 0 Å². The Morgan fingerprint density at radius 3 is 1.91 bits per heavy atom. The normalized spacial score (nSPS) is 28.2. The molecule has 0 aromatic heterocycles. The molecule has 2 fully saturated rings. The standard InChI is InChI=1S/C20H32N2O/c1-19(2,3)14-12-15(17(23)16(13-14)20(4,5)6)18-21-8-7-9-22(18)11-10-21/h12-13,18,23H,7-11H2,1-6H3. The summed E-state index contributed by atoms with van der Waals surface area (Å²) in [6.45, 7) is 17.9. The van der Waals surface area contributed by atoms with Gasteiger partial charge in [0.05, 0.1) is 6.17 Å². The summed E-state index contributed by atoms with van der Waals surface area (Å²) in [6, 6.07) is 4.47. The topological polar surface area (TPSA) is 26.7 Å². The Morgan fingerprint density at radius 2 is 1.43 bits per heavy atom. The maximum absolute atomic E-state index is 11.1. The molecule has 128 valence electrons. The zero-order chi connectivity index (χ0) is 17.0. The van der Waals surface area contributed by atoms with E-state index in [1.54, 1.807) is 0 Å². The van der Waals surface area contributed by atoms with E-state index in [0.717, 1.165) is 37.3 Å². The molecule has 2 bridgehead atoms. The molecule has 0 saturated carbocycles. The summed E-state index contributed by atoms with van der Waals surface area (Å²) in [7, 11) is 0. The van der Waals surface area contributed by atoms with Gasteiger partial charge in [0.1, 0.15) is 5.75 Å². The average Bonchev–Trinajstić information content (AvgIpc) is 2.65. The molecule has 0 amide bonds. The minimum Gasteiger partial charge on any atom is -0.507 e. The van der Waals surface area contributed by atoms with Crippen LogP contribution in [0.5, 0.6) is 5.75 Å². The van der Waals surface area contributed by atoms with E-state index in [4.69, 9.17) is 0 Å². The molecule has 0 aliphatic carbocycles. The second kappa shape index (κ2) is 5.49. The van der Waals surface area contributed by atoms with Gasteiger partial charge in [0.15, 0.2) is 0 Å². The van der Waals surface area contributed by atoms with E-state index in [0.29, 0.717) is 5.75 Å². The molecule has 1 aromatic rings. The first-order chi connectivity index (χ1) is 10.6. The van der Waals surface area contributed by atoms with Gasteiger partial charge in [0.25, 0.3) is 0 Å². The van der Waals surface area contributed by atoms with E-state index >= 15 is 0 Å². The lowest BCUT2D eigenvalue weighted by atomic mass is 9.78. The average molecular weight is 316 g/mol. The fourth-order valence-corrected chi connectivity index (χ4v) is 3.93. The number of rotatable bonds is 1. The van der Waals surface area contributed by atoms with Gasteiger partial charge in [-0.05, 0) is 34.4 Å². The largest absolute Gasteiger partial charge is 0.507 e. The Hall–Kier alpha value is -1.06. The molecular formula is C20H32N2O. The van der Waals surface area contributed by atoms with Crippen LogP contribution in [-0.4, -0.2) is 41.1 Å². The first kappa shape index (κ1) is 16.8. The van der Waals surface area contributed by atoms with Crippen LogP contribution in [0.3, 0.4) is 0 Å². The van der Waals surface area contributed by atoms with Gasteiger partial charge >= 0.3 is 0 Å². The van der Waals surface area contributed by atoms with Gasteiger partial charge in [-0.2, -0.15) is 0 Å². The van der Waals surface area contributed by atoms with E-state index in [1.165, 1.54) is 12.0 Å². The molecule has 3 heteroatoms. The maximum atomic E-state index is 11.1. The number of phenols is 1. The number of hydrogen-bond donors (Lipinski definition) is 1. The number of nitrogens with zero attached hydrogens (tertiary/aromatic N) is 2. The zero-order valence-corrected chi connectivity index (χ0v) is 15.6. The second-order valence-corrected chi connectivity index (χ2v) is 9.26. The predicted octanol–water partition coefficient (Wildman–Crippen LogP) is 4.01. The number of hydrogen-bond acceptors (Lipinski definition) is 3. The minimum atomic E-state index is -0.0571. The van der Waals surface area contributed by atoms with E-state index in [9.17, 15) is 5.11 Å². The molecule has 2 atom stereocenters. The van der Waals surface area contributed by atoms with Crippen molar-refractivity contribution in [3.63, 3.8) is 0 Å². The monoisotopic (exact) mass is 316 g/mol. The van der Waals surface area contributed by atoms with E-state index in [1.807, 2.05) is 0 Å². The molecule has 2 unspecified atom stereocenters. The summed E-state index contributed by atoms with van der Waals surface area (Å²) in [4.78, 5) is 5.05. The van der Waals surface area contributed by atoms with Crippen LogP contribution in [0.2, 0.25) is 0 Å². The third-order valence-corrected chi connectivity index (χ3v) is 5.35. The van der Waals surface area contributed by atoms with Gasteiger partial charge in [0.2, 0.25) is 0 Å². The molecule has 2 aliphatic heterocycles. The van der Waals surface area contributed by atoms with Crippen molar-refractivity contribution < 1.29 is 5.11 Å². The zero-order valence-electron chi connectivity index (χ0n) is 15.6. The van der Waals surface area contributed by atoms with Crippen molar-refractivity contribution in [2.75, 3.05) is 26.2 Å². The van der Waals surface area contributed by atoms with Crippen molar-refractivity contribution in [2.45, 2.75) is 65.0 Å². The van der Waals surface area contributed by atoms with E-state index in [2.05, 4.69) is 63.5 Å². The molecule has 3 rings (SSSR count). The van der Waals surface area contributed by atoms with Crippen LogP contribution in [0.25, 0.3) is 0 Å². The SMILES string of the molecule is CC(C)(C)c1cc(C2N3CCCN2CC3)c(O)c(C(C)(C)C)c1. The quantitative estimate of drug-likeness (QED) is 0.848. The van der Waals surface area contributed by atoms with E-state index in [-0.39, 0.29) is 17.0 Å². The lowest BCUT2D eigenvalue weighted by Gasteiger charge is -2.37. The number of benzene rings is 1. The van der Waals surface area contributed by atoms with Crippen LogP contribution in [-0.2, 0) is 10.8 Å². The van der Waals surface area contributed by atoms with Crippen molar-refractivity contribution in [3.05, 3.63) is 28.8 Å². The molecular weight excluding hydrogens is 284 g/mol. The Kier molecular flexibility index (Phi) is 4.01. The van der Waals surface area contributed by atoms with Gasteiger partial charge in [-0.1, -0.05) is 47.6 Å². The second-order valence-electron chi connectivity index (χ2n) is 9.26. The molecule has 3 nitrogen and oxygen atoms in total. The van der Waals surface area contributed by atoms with Crippen molar-refractivity contribution in [2.24, 2.45) is 0 Å². The summed E-state index contributed by atoms with van der Waals surface area (Å²) >= 11 is 0. The van der Waals surface area contributed by atoms with Crippen LogP contribution < -0.4 is 0 Å². The Morgan fingerprint density at radius 1 is 0.870 bits per heavy atom. The number of aromatic hydroxyl groups is 1. The minimum absolute atomic E-state index is 0.0571. The van der Waals surface area contributed by atoms with Crippen molar-refractivity contribution in [3.8, 4) is 5.75 Å². The lowest BCUT2D eigenvalue weighted by Crippen LogP contribution is -2.38. The Labute approximate surface area is 141 Å². The maximum Gasteiger partial charge on any atom is 0.125 e. The Balaban J connectivity index is 2.16. The van der Waals surface area contributed by atoms with Crippen LogP contribution >= 0.6 is 0 Å². The summed E-state index contributed by atoms with van der Waals surface area (Å²) in [5.74, 6) is 0.509. The van der Waals surface area contributed by atoms with Gasteiger partial charge in [0, 0.05) is 31.7 Å². The first-order valence-corrected chi connectivity index (χ1v) is 8.95. The summed E-state index contributed by atoms with van der Waals surface area (Å²) in [6.07, 6.45) is 1.50. The summed E-state index contributed by atoms with van der Waals surface area (Å²) < 4.78 is 0. The third kappa shape index (κ3) is 3.01. The molecule has 2 saturated heterocycles. The van der Waals surface area contributed by atoms with Crippen molar-refractivity contribution in [1.29, 1.82) is 0 Å². The smallest absolute Gasteiger partial charge is 0.125 e. The third-order valence-electron chi connectivity index (χ3n) is 5.35. The number of phenolic OH excluding ortho intramolecular Hbond substituents is 1. The fraction of sp³-hybridized carbons (Fsp3) is 0.700. The van der Waals surface area contributed by atoms with Crippen LogP contribution in [0, 0.1) is 0 Å². The Bertz CT molecular complexity index is 579. The molecule has 2 aliphatic rings. The summed E-state index contributed by atoms with van der Waals surface area (Å²) in [5.41, 5.74) is 3.54. The molecule has 2 heterocycles. The van der Waals surface area contributed by atoms with Crippen LogP contribution in [0.1, 0.15) is 70.8 Å². The fourth-order valence-electron chi connectivity index (χ4n) is 3.93. The van der Waals surface area contributed by atoms with Gasteiger partial charge < -0.3 is 5.11 Å². The van der Waals surface area contributed by atoms with Crippen LogP contribution in [0.4, 0.5) is 0 Å². The molecule has 0 spiro atoms. The highest BCUT2D eigenvalue weighted by Gasteiger charge is 2.39.